The molecule has 5 heteroatoms. The summed E-state index contributed by atoms with van der Waals surface area (Å²) in [7, 11) is 0. The molecule has 0 aliphatic heterocycles. The molecule has 0 heterocycles. The number of nitrogens with zero attached hydrogens (tertiary/aromatic N) is 1. The van der Waals surface area contributed by atoms with Crippen molar-refractivity contribution >= 4 is 17.1 Å². The maximum atomic E-state index is 10.5. The molecule has 0 fully saturated rings. The normalized spacial score (nSPS) is 10.9. The van der Waals surface area contributed by atoms with Crippen LogP contribution in [0.3, 0.4) is 0 Å². The van der Waals surface area contributed by atoms with Gasteiger partial charge in [0.25, 0.3) is 0 Å². The molecule has 3 N–H and O–H groups in total. The van der Waals surface area contributed by atoms with E-state index in [0.717, 1.165) is 50.4 Å². The SMILES string of the molecule is Cc1cc(Oc2ccc(N(c3cc(O)c(C)cc3C)c3cc(O)c(C)cc3C)cc2)c(C)cc1O. The number of rotatable bonds is 5. The third-order valence-corrected chi connectivity index (χ3v) is 6.33. The van der Waals surface area contributed by atoms with E-state index in [-0.39, 0.29) is 17.2 Å². The van der Waals surface area contributed by atoms with Crippen molar-refractivity contribution in [3.63, 3.8) is 0 Å². The number of anilines is 3. The molecule has 0 spiro atoms. The minimum Gasteiger partial charge on any atom is -0.508 e. The zero-order valence-corrected chi connectivity index (χ0v) is 21.0. The minimum absolute atomic E-state index is 0.211. The van der Waals surface area contributed by atoms with Gasteiger partial charge in [0.15, 0.2) is 0 Å². The van der Waals surface area contributed by atoms with Gasteiger partial charge in [-0.05, 0) is 111 Å². The van der Waals surface area contributed by atoms with Crippen LogP contribution in [0.1, 0.15) is 33.4 Å². The van der Waals surface area contributed by atoms with Crippen LogP contribution in [0.2, 0.25) is 0 Å². The van der Waals surface area contributed by atoms with E-state index in [9.17, 15) is 15.3 Å². The van der Waals surface area contributed by atoms with Gasteiger partial charge < -0.3 is 25.0 Å². The summed E-state index contributed by atoms with van der Waals surface area (Å²) < 4.78 is 6.10. The summed E-state index contributed by atoms with van der Waals surface area (Å²) in [5.41, 5.74) is 7.68. The third-order valence-electron chi connectivity index (χ3n) is 6.33. The molecule has 0 saturated carbocycles. The molecule has 0 aliphatic carbocycles. The number of benzene rings is 4. The molecule has 0 amide bonds. The fourth-order valence-corrected chi connectivity index (χ4v) is 4.22. The molecular formula is C30H31NO4. The van der Waals surface area contributed by atoms with Gasteiger partial charge in [0, 0.05) is 17.8 Å². The quantitative estimate of drug-likeness (QED) is 0.277. The maximum Gasteiger partial charge on any atom is 0.130 e. The van der Waals surface area contributed by atoms with Gasteiger partial charge in [-0.15, -0.1) is 0 Å². The standard InChI is InChI=1S/C30H31NO4/c1-17-11-19(3)28(33)15-25(17)31(26-16-29(34)20(4)12-18(26)2)23-7-9-24(10-8-23)35-30-14-21(5)27(32)13-22(30)6/h7-16,32-34H,1-6H3. The summed E-state index contributed by atoms with van der Waals surface area (Å²) in [5.74, 6) is 2.01. The number of phenolic OH excluding ortho intramolecular Hbond substituents is 3. The van der Waals surface area contributed by atoms with Gasteiger partial charge in [0.1, 0.15) is 28.7 Å². The lowest BCUT2D eigenvalue weighted by atomic mass is 10.0. The van der Waals surface area contributed by atoms with E-state index in [1.165, 1.54) is 0 Å². The Kier molecular flexibility index (Phi) is 6.35. The Labute approximate surface area is 206 Å². The molecular weight excluding hydrogens is 438 g/mol. The first-order valence-electron chi connectivity index (χ1n) is 11.5. The van der Waals surface area contributed by atoms with Gasteiger partial charge in [-0.2, -0.15) is 0 Å². The molecule has 4 rings (SSSR count). The molecule has 0 saturated heterocycles. The summed E-state index contributed by atoms with van der Waals surface area (Å²) in [6, 6.07) is 18.6. The van der Waals surface area contributed by atoms with Gasteiger partial charge in [-0.1, -0.05) is 12.1 Å². The molecule has 0 atom stereocenters. The number of aryl methyl sites for hydroxylation is 6. The van der Waals surface area contributed by atoms with Crippen LogP contribution in [-0.4, -0.2) is 15.3 Å². The van der Waals surface area contributed by atoms with Crippen molar-refractivity contribution in [1.29, 1.82) is 0 Å². The van der Waals surface area contributed by atoms with E-state index in [0.29, 0.717) is 11.5 Å². The van der Waals surface area contributed by atoms with E-state index >= 15 is 0 Å². The highest BCUT2D eigenvalue weighted by Gasteiger charge is 2.20. The minimum atomic E-state index is 0.211. The van der Waals surface area contributed by atoms with Gasteiger partial charge in [-0.25, -0.2) is 0 Å². The second kappa shape index (κ2) is 9.26. The Bertz CT molecular complexity index is 1350. The Hall–Kier alpha value is -4.12. The topological polar surface area (TPSA) is 73.2 Å². The highest BCUT2D eigenvalue weighted by atomic mass is 16.5. The first-order chi connectivity index (χ1) is 16.5. The summed E-state index contributed by atoms with van der Waals surface area (Å²) in [6.07, 6.45) is 0. The second-order valence-electron chi connectivity index (χ2n) is 9.19. The number of phenols is 3. The van der Waals surface area contributed by atoms with Crippen LogP contribution >= 0.6 is 0 Å². The second-order valence-corrected chi connectivity index (χ2v) is 9.19. The van der Waals surface area contributed by atoms with Gasteiger partial charge in [0.05, 0.1) is 11.4 Å². The molecule has 0 aliphatic rings. The zero-order chi connectivity index (χ0) is 25.4. The third kappa shape index (κ3) is 4.76. The largest absolute Gasteiger partial charge is 0.508 e. The molecule has 0 unspecified atom stereocenters. The van der Waals surface area contributed by atoms with Gasteiger partial charge in [0.2, 0.25) is 0 Å². The van der Waals surface area contributed by atoms with Crippen LogP contribution in [0.4, 0.5) is 17.1 Å². The number of aromatic hydroxyl groups is 3. The van der Waals surface area contributed by atoms with Crippen LogP contribution in [0, 0.1) is 41.5 Å². The smallest absolute Gasteiger partial charge is 0.130 e. The van der Waals surface area contributed by atoms with E-state index in [4.69, 9.17) is 4.74 Å². The molecule has 35 heavy (non-hydrogen) atoms. The predicted octanol–water partition coefficient (Wildman–Crippen LogP) is 7.92. The first kappa shape index (κ1) is 24.0. The Morgan fingerprint density at radius 1 is 0.514 bits per heavy atom. The number of hydrogen-bond donors (Lipinski definition) is 3. The van der Waals surface area contributed by atoms with Gasteiger partial charge >= 0.3 is 0 Å². The van der Waals surface area contributed by atoms with Crippen LogP contribution in [-0.2, 0) is 0 Å². The van der Waals surface area contributed by atoms with Crippen molar-refractivity contribution in [3.8, 4) is 28.7 Å². The lowest BCUT2D eigenvalue weighted by molar-refractivity contribution is 0.458. The summed E-state index contributed by atoms with van der Waals surface area (Å²) >= 11 is 0. The highest BCUT2D eigenvalue weighted by Crippen LogP contribution is 2.43. The summed E-state index contributed by atoms with van der Waals surface area (Å²) in [4.78, 5) is 2.03. The van der Waals surface area contributed by atoms with Crippen molar-refractivity contribution in [2.24, 2.45) is 0 Å². The fraction of sp³-hybridized carbons (Fsp3) is 0.200. The summed E-state index contributed by atoms with van der Waals surface area (Å²) in [6.45, 7) is 11.5. The zero-order valence-electron chi connectivity index (χ0n) is 21.0. The Morgan fingerprint density at radius 3 is 1.49 bits per heavy atom. The van der Waals surface area contributed by atoms with E-state index < -0.39 is 0 Å². The highest BCUT2D eigenvalue weighted by molar-refractivity contribution is 5.82. The van der Waals surface area contributed by atoms with Crippen LogP contribution in [0.25, 0.3) is 0 Å². The van der Waals surface area contributed by atoms with Crippen molar-refractivity contribution in [2.45, 2.75) is 41.5 Å². The number of hydrogen-bond acceptors (Lipinski definition) is 5. The molecule has 0 bridgehead atoms. The average molecular weight is 470 g/mol. The molecule has 4 aromatic rings. The molecule has 5 nitrogen and oxygen atoms in total. The molecule has 0 aromatic heterocycles. The Morgan fingerprint density at radius 2 is 0.971 bits per heavy atom. The molecule has 0 radical (unpaired) electrons. The number of ether oxygens (including phenoxy) is 1. The maximum absolute atomic E-state index is 10.5. The van der Waals surface area contributed by atoms with Crippen LogP contribution < -0.4 is 9.64 Å². The fourth-order valence-electron chi connectivity index (χ4n) is 4.22. The molecule has 4 aromatic carbocycles. The van der Waals surface area contributed by atoms with Crippen molar-refractivity contribution < 1.29 is 20.1 Å². The summed E-state index contributed by atoms with van der Waals surface area (Å²) in [5, 5.41) is 30.9. The van der Waals surface area contributed by atoms with Crippen molar-refractivity contribution in [3.05, 3.63) is 94.0 Å². The lowest BCUT2D eigenvalue weighted by Crippen LogP contribution is -2.13. The monoisotopic (exact) mass is 469 g/mol. The van der Waals surface area contributed by atoms with E-state index in [1.807, 2.05) is 88.9 Å². The first-order valence-corrected chi connectivity index (χ1v) is 11.5. The Balaban J connectivity index is 1.80. The lowest BCUT2D eigenvalue weighted by Gasteiger charge is -2.29. The van der Waals surface area contributed by atoms with Gasteiger partial charge in [-0.3, -0.25) is 0 Å². The average Bonchev–Trinajstić information content (AvgIpc) is 2.80. The molecule has 180 valence electrons. The van der Waals surface area contributed by atoms with Crippen LogP contribution in [0.15, 0.2) is 60.7 Å². The predicted molar refractivity (Wildman–Crippen MR) is 141 cm³/mol. The van der Waals surface area contributed by atoms with Crippen LogP contribution in [0.5, 0.6) is 28.7 Å². The van der Waals surface area contributed by atoms with Crippen molar-refractivity contribution in [2.75, 3.05) is 4.90 Å². The van der Waals surface area contributed by atoms with E-state index in [1.54, 1.807) is 18.2 Å². The van der Waals surface area contributed by atoms with E-state index in [2.05, 4.69) is 0 Å². The van der Waals surface area contributed by atoms with Crippen molar-refractivity contribution in [1.82, 2.24) is 0 Å².